The van der Waals surface area contributed by atoms with E-state index in [9.17, 15) is 13.2 Å². The molecule has 2 aromatic rings. The van der Waals surface area contributed by atoms with Crippen molar-refractivity contribution in [3.8, 4) is 0 Å². The highest BCUT2D eigenvalue weighted by molar-refractivity contribution is 7.91. The Bertz CT molecular complexity index is 928. The largest absolute Gasteiger partial charge is 0.381 e. The molecular weight excluding hydrogens is 362 g/mol. The Hall–Kier alpha value is -2.41. The molecule has 6 nitrogen and oxygen atoms in total. The summed E-state index contributed by atoms with van der Waals surface area (Å²) in [5.41, 5.74) is 3.53. The van der Waals surface area contributed by atoms with Crippen LogP contribution < -0.4 is 5.32 Å². The second-order valence-electron chi connectivity index (χ2n) is 6.86. The minimum atomic E-state index is -3.04. The van der Waals surface area contributed by atoms with Crippen LogP contribution in [0.1, 0.15) is 35.0 Å². The zero-order chi connectivity index (χ0) is 19.4. The molecule has 1 aliphatic rings. The molecule has 0 aliphatic carbocycles. The minimum Gasteiger partial charge on any atom is -0.381 e. The Morgan fingerprint density at radius 1 is 1.30 bits per heavy atom. The van der Waals surface area contributed by atoms with Gasteiger partial charge < -0.3 is 10.2 Å². The Labute approximate surface area is 160 Å². The summed E-state index contributed by atoms with van der Waals surface area (Å²) in [6.45, 7) is 5.04. The van der Waals surface area contributed by atoms with Gasteiger partial charge in [0.2, 0.25) is 0 Å². The van der Waals surface area contributed by atoms with E-state index in [1.54, 1.807) is 17.2 Å². The van der Waals surface area contributed by atoms with Crippen molar-refractivity contribution in [3.63, 3.8) is 0 Å². The first-order chi connectivity index (χ1) is 12.9. The molecule has 1 amide bonds. The summed E-state index contributed by atoms with van der Waals surface area (Å²) >= 11 is 0. The van der Waals surface area contributed by atoms with Crippen LogP contribution in [0.15, 0.2) is 42.6 Å². The monoisotopic (exact) mass is 387 g/mol. The van der Waals surface area contributed by atoms with Crippen LogP contribution >= 0.6 is 0 Å². The maximum Gasteiger partial charge on any atom is 0.272 e. The van der Waals surface area contributed by atoms with Gasteiger partial charge >= 0.3 is 0 Å². The number of aromatic nitrogens is 1. The van der Waals surface area contributed by atoms with Gasteiger partial charge in [0.1, 0.15) is 5.69 Å². The van der Waals surface area contributed by atoms with Gasteiger partial charge in [-0.3, -0.25) is 9.78 Å². The molecule has 1 saturated heterocycles. The predicted molar refractivity (Wildman–Crippen MR) is 107 cm³/mol. The van der Waals surface area contributed by atoms with Crippen molar-refractivity contribution in [2.24, 2.45) is 0 Å². The molecule has 3 rings (SSSR count). The highest BCUT2D eigenvalue weighted by atomic mass is 32.2. The number of carbonyl (C=O) groups excluding carboxylic acids is 1. The maximum absolute atomic E-state index is 12.9. The molecule has 144 valence electrons. The van der Waals surface area contributed by atoms with Gasteiger partial charge in [0, 0.05) is 31.0 Å². The first-order valence-electron chi connectivity index (χ1n) is 9.15. The van der Waals surface area contributed by atoms with Crippen LogP contribution in [-0.4, -0.2) is 48.3 Å². The number of nitrogens with zero attached hydrogens (tertiary/aromatic N) is 2. The molecule has 1 fully saturated rings. The highest BCUT2D eigenvalue weighted by Crippen LogP contribution is 2.20. The summed E-state index contributed by atoms with van der Waals surface area (Å²) in [6.07, 6.45) is 2.10. The van der Waals surface area contributed by atoms with Crippen LogP contribution in [0.4, 0.5) is 5.69 Å². The van der Waals surface area contributed by atoms with Gasteiger partial charge in [-0.05, 0) is 43.5 Å². The first kappa shape index (κ1) is 19.4. The van der Waals surface area contributed by atoms with Crippen LogP contribution in [0.25, 0.3) is 0 Å². The van der Waals surface area contributed by atoms with E-state index < -0.39 is 9.84 Å². The van der Waals surface area contributed by atoms with E-state index in [0.717, 1.165) is 5.69 Å². The van der Waals surface area contributed by atoms with Gasteiger partial charge in [-0.1, -0.05) is 24.3 Å². The molecule has 0 bridgehead atoms. The van der Waals surface area contributed by atoms with E-state index in [2.05, 4.69) is 29.4 Å². The molecule has 1 aromatic carbocycles. The van der Waals surface area contributed by atoms with Crippen LogP contribution in [0.3, 0.4) is 0 Å². The number of hydrogen-bond donors (Lipinski definition) is 1. The zero-order valence-electron chi connectivity index (χ0n) is 15.7. The topological polar surface area (TPSA) is 79.4 Å². The lowest BCUT2D eigenvalue weighted by atomic mass is 10.1. The van der Waals surface area contributed by atoms with Gasteiger partial charge in [-0.2, -0.15) is 0 Å². The molecule has 0 saturated carbocycles. The molecule has 0 radical (unpaired) electrons. The zero-order valence-corrected chi connectivity index (χ0v) is 16.5. The van der Waals surface area contributed by atoms with Gasteiger partial charge in [0.25, 0.3) is 5.91 Å². The number of anilines is 1. The van der Waals surface area contributed by atoms with E-state index in [1.807, 2.05) is 25.1 Å². The van der Waals surface area contributed by atoms with Gasteiger partial charge in [0.15, 0.2) is 9.84 Å². The third kappa shape index (κ3) is 4.66. The lowest BCUT2D eigenvalue weighted by Crippen LogP contribution is -2.41. The van der Waals surface area contributed by atoms with Crippen LogP contribution in [0.2, 0.25) is 0 Å². The van der Waals surface area contributed by atoms with Crippen molar-refractivity contribution >= 4 is 21.4 Å². The van der Waals surface area contributed by atoms with Crippen molar-refractivity contribution in [2.75, 3.05) is 23.4 Å². The summed E-state index contributed by atoms with van der Waals surface area (Å²) in [7, 11) is -3.04. The fraction of sp³-hybridized carbons (Fsp3) is 0.400. The number of carbonyl (C=O) groups is 1. The Morgan fingerprint density at radius 3 is 2.74 bits per heavy atom. The molecule has 1 aromatic heterocycles. The molecule has 2 heterocycles. The summed E-state index contributed by atoms with van der Waals surface area (Å²) < 4.78 is 23.5. The molecule has 1 aliphatic heterocycles. The average molecular weight is 388 g/mol. The van der Waals surface area contributed by atoms with Crippen LogP contribution in [0.5, 0.6) is 0 Å². The fourth-order valence-corrected chi connectivity index (χ4v) is 5.13. The third-order valence-electron chi connectivity index (χ3n) is 4.97. The molecule has 27 heavy (non-hydrogen) atoms. The normalized spacial score (nSPS) is 18.2. The number of aryl methyl sites for hydroxylation is 1. The van der Waals surface area contributed by atoms with Gasteiger partial charge in [-0.25, -0.2) is 8.42 Å². The number of rotatable bonds is 6. The smallest absolute Gasteiger partial charge is 0.272 e. The first-order valence-corrected chi connectivity index (χ1v) is 11.0. The SMILES string of the molecule is CCN(C(=O)c1cc(NCc2ccccc2C)ccn1)C1CCS(=O)(=O)C1. The lowest BCUT2D eigenvalue weighted by molar-refractivity contribution is 0.0702. The number of nitrogens with one attached hydrogen (secondary N) is 1. The molecule has 1 N–H and O–H groups in total. The minimum absolute atomic E-state index is 0.0395. The summed E-state index contributed by atoms with van der Waals surface area (Å²) in [4.78, 5) is 18.7. The van der Waals surface area contributed by atoms with Crippen molar-refractivity contribution < 1.29 is 13.2 Å². The van der Waals surface area contributed by atoms with E-state index in [1.165, 1.54) is 11.1 Å². The number of pyridine rings is 1. The van der Waals surface area contributed by atoms with E-state index in [-0.39, 0.29) is 23.5 Å². The van der Waals surface area contributed by atoms with Gasteiger partial charge in [0.05, 0.1) is 11.5 Å². The van der Waals surface area contributed by atoms with Crippen molar-refractivity contribution in [1.82, 2.24) is 9.88 Å². The predicted octanol–water partition coefficient (Wildman–Crippen LogP) is 2.65. The molecule has 1 atom stereocenters. The molecule has 0 spiro atoms. The van der Waals surface area contributed by atoms with Crippen LogP contribution in [0, 0.1) is 6.92 Å². The van der Waals surface area contributed by atoms with E-state index in [4.69, 9.17) is 0 Å². The fourth-order valence-electron chi connectivity index (χ4n) is 3.40. The standard InChI is InChI=1S/C20H25N3O3S/c1-3-23(18-9-11-27(25,26)14-18)20(24)19-12-17(8-10-21-19)22-13-16-7-5-4-6-15(16)2/h4-8,10,12,18H,3,9,11,13-14H2,1-2H3,(H,21,22). The van der Waals surface area contributed by atoms with Crippen molar-refractivity contribution in [2.45, 2.75) is 32.9 Å². The van der Waals surface area contributed by atoms with Crippen LogP contribution in [-0.2, 0) is 16.4 Å². The summed E-state index contributed by atoms with van der Waals surface area (Å²) in [5, 5.41) is 3.33. The summed E-state index contributed by atoms with van der Waals surface area (Å²) in [6, 6.07) is 11.4. The Balaban J connectivity index is 1.72. The number of amides is 1. The number of sulfone groups is 1. The quantitative estimate of drug-likeness (QED) is 0.824. The number of benzene rings is 1. The lowest BCUT2D eigenvalue weighted by Gasteiger charge is -2.26. The molecule has 7 heteroatoms. The maximum atomic E-state index is 12.9. The molecule has 1 unspecified atom stereocenters. The van der Waals surface area contributed by atoms with E-state index in [0.29, 0.717) is 25.2 Å². The van der Waals surface area contributed by atoms with Crippen molar-refractivity contribution in [1.29, 1.82) is 0 Å². The molecular formula is C20H25N3O3S. The Morgan fingerprint density at radius 2 is 2.07 bits per heavy atom. The van der Waals surface area contributed by atoms with Gasteiger partial charge in [-0.15, -0.1) is 0 Å². The number of hydrogen-bond acceptors (Lipinski definition) is 5. The Kier molecular flexibility index (Phi) is 5.79. The second kappa shape index (κ2) is 8.08. The third-order valence-corrected chi connectivity index (χ3v) is 6.72. The summed E-state index contributed by atoms with van der Waals surface area (Å²) in [5.74, 6) is -0.0378. The second-order valence-corrected chi connectivity index (χ2v) is 9.09. The average Bonchev–Trinajstić information content (AvgIpc) is 3.01. The van der Waals surface area contributed by atoms with Crippen molar-refractivity contribution in [3.05, 3.63) is 59.4 Å². The van der Waals surface area contributed by atoms with E-state index >= 15 is 0 Å². The highest BCUT2D eigenvalue weighted by Gasteiger charge is 2.34.